The third kappa shape index (κ3) is 5.85. The SMILES string of the molecule is COCCCNC(=O)CN(C)C(=O)COC1(C)CNC1. The van der Waals surface area contributed by atoms with E-state index in [2.05, 4.69) is 10.6 Å². The molecule has 1 rings (SSSR count). The van der Waals surface area contributed by atoms with Gasteiger partial charge in [-0.1, -0.05) is 0 Å². The standard InChI is InChI=1S/C13H25N3O4/c1-13(9-14-10-13)20-8-12(18)16(2)7-11(17)15-5-4-6-19-3/h14H,4-10H2,1-3H3,(H,15,17). The molecule has 1 fully saturated rings. The van der Waals surface area contributed by atoms with Crippen LogP contribution in [0.15, 0.2) is 0 Å². The van der Waals surface area contributed by atoms with Crippen LogP contribution < -0.4 is 10.6 Å². The Morgan fingerprint density at radius 1 is 1.40 bits per heavy atom. The number of methoxy groups -OCH3 is 1. The summed E-state index contributed by atoms with van der Waals surface area (Å²) in [6.07, 6.45) is 0.758. The second-order valence-corrected chi connectivity index (χ2v) is 5.29. The van der Waals surface area contributed by atoms with E-state index in [1.54, 1.807) is 14.2 Å². The minimum Gasteiger partial charge on any atom is -0.385 e. The topological polar surface area (TPSA) is 79.9 Å². The molecule has 7 heteroatoms. The van der Waals surface area contributed by atoms with Crippen molar-refractivity contribution in [3.63, 3.8) is 0 Å². The predicted octanol–water partition coefficient (Wildman–Crippen LogP) is -1.02. The molecule has 1 aliphatic rings. The molecule has 0 aromatic heterocycles. The maximum atomic E-state index is 11.8. The van der Waals surface area contributed by atoms with Gasteiger partial charge in [-0.15, -0.1) is 0 Å². The molecule has 2 amide bonds. The minimum absolute atomic E-state index is 0.00559. The van der Waals surface area contributed by atoms with Gasteiger partial charge < -0.3 is 25.0 Å². The van der Waals surface area contributed by atoms with Gasteiger partial charge in [-0.2, -0.15) is 0 Å². The van der Waals surface area contributed by atoms with E-state index in [0.717, 1.165) is 19.5 Å². The minimum atomic E-state index is -0.251. The zero-order valence-electron chi connectivity index (χ0n) is 12.5. The molecule has 0 bridgehead atoms. The van der Waals surface area contributed by atoms with Gasteiger partial charge in [0.25, 0.3) is 0 Å². The number of ether oxygens (including phenoxy) is 2. The van der Waals surface area contributed by atoms with E-state index in [1.165, 1.54) is 4.90 Å². The second kappa shape index (κ2) is 8.18. The van der Waals surface area contributed by atoms with Crippen LogP contribution in [0.25, 0.3) is 0 Å². The molecule has 20 heavy (non-hydrogen) atoms. The number of hydrogen-bond donors (Lipinski definition) is 2. The van der Waals surface area contributed by atoms with Crippen LogP contribution in [-0.2, 0) is 19.1 Å². The molecule has 1 aliphatic heterocycles. The van der Waals surface area contributed by atoms with E-state index in [0.29, 0.717) is 13.2 Å². The maximum absolute atomic E-state index is 11.8. The fourth-order valence-electron chi connectivity index (χ4n) is 1.73. The Kier molecular flexibility index (Phi) is 6.90. The van der Waals surface area contributed by atoms with Crippen molar-refractivity contribution >= 4 is 11.8 Å². The van der Waals surface area contributed by atoms with Crippen LogP contribution in [-0.4, -0.2) is 75.9 Å². The molecule has 0 saturated carbocycles. The molecule has 0 spiro atoms. The van der Waals surface area contributed by atoms with Crippen molar-refractivity contribution in [3.8, 4) is 0 Å². The first-order chi connectivity index (χ1) is 9.47. The summed E-state index contributed by atoms with van der Waals surface area (Å²) in [6.45, 7) is 4.67. The Hall–Kier alpha value is -1.18. The van der Waals surface area contributed by atoms with Crippen molar-refractivity contribution in [2.75, 3.05) is 53.6 Å². The summed E-state index contributed by atoms with van der Waals surface area (Å²) in [5.41, 5.74) is -0.251. The molecule has 116 valence electrons. The number of likely N-dealkylation sites (N-methyl/N-ethyl adjacent to an activating group) is 1. The first kappa shape index (κ1) is 16.9. The monoisotopic (exact) mass is 287 g/mol. The average Bonchev–Trinajstić information content (AvgIpc) is 2.38. The lowest BCUT2D eigenvalue weighted by Gasteiger charge is -2.39. The van der Waals surface area contributed by atoms with Gasteiger partial charge in [-0.3, -0.25) is 9.59 Å². The molecule has 0 aromatic carbocycles. The van der Waals surface area contributed by atoms with Gasteiger partial charge in [0.05, 0.1) is 12.1 Å². The summed E-state index contributed by atoms with van der Waals surface area (Å²) in [6, 6.07) is 0. The van der Waals surface area contributed by atoms with Crippen LogP contribution in [0.4, 0.5) is 0 Å². The van der Waals surface area contributed by atoms with E-state index < -0.39 is 0 Å². The first-order valence-corrected chi connectivity index (χ1v) is 6.81. The smallest absolute Gasteiger partial charge is 0.248 e. The molecule has 7 nitrogen and oxygen atoms in total. The largest absolute Gasteiger partial charge is 0.385 e. The van der Waals surface area contributed by atoms with Crippen LogP contribution in [0, 0.1) is 0 Å². The van der Waals surface area contributed by atoms with E-state index in [4.69, 9.17) is 9.47 Å². The number of rotatable bonds is 9. The van der Waals surface area contributed by atoms with E-state index in [1.807, 2.05) is 6.92 Å². The fourth-order valence-corrected chi connectivity index (χ4v) is 1.73. The normalized spacial score (nSPS) is 16.4. The molecule has 1 saturated heterocycles. The Morgan fingerprint density at radius 2 is 2.10 bits per heavy atom. The van der Waals surface area contributed by atoms with Crippen LogP contribution >= 0.6 is 0 Å². The van der Waals surface area contributed by atoms with Crippen molar-refractivity contribution in [1.82, 2.24) is 15.5 Å². The van der Waals surface area contributed by atoms with Crippen molar-refractivity contribution < 1.29 is 19.1 Å². The lowest BCUT2D eigenvalue weighted by molar-refractivity contribution is -0.146. The zero-order chi connectivity index (χ0) is 15.0. The first-order valence-electron chi connectivity index (χ1n) is 6.81. The highest BCUT2D eigenvalue weighted by Crippen LogP contribution is 2.14. The Morgan fingerprint density at radius 3 is 2.65 bits per heavy atom. The molecule has 1 heterocycles. The van der Waals surface area contributed by atoms with Gasteiger partial charge in [0.15, 0.2) is 0 Å². The number of nitrogens with one attached hydrogen (secondary N) is 2. The maximum Gasteiger partial charge on any atom is 0.248 e. The van der Waals surface area contributed by atoms with Crippen molar-refractivity contribution in [3.05, 3.63) is 0 Å². The fraction of sp³-hybridized carbons (Fsp3) is 0.846. The number of hydrogen-bond acceptors (Lipinski definition) is 5. The summed E-state index contributed by atoms with van der Waals surface area (Å²) in [5.74, 6) is -0.362. The van der Waals surface area contributed by atoms with Crippen molar-refractivity contribution in [2.45, 2.75) is 18.9 Å². The number of amides is 2. The Balaban J connectivity index is 2.15. The summed E-state index contributed by atoms with van der Waals surface area (Å²) in [5, 5.41) is 5.83. The summed E-state index contributed by atoms with van der Waals surface area (Å²) in [7, 11) is 3.22. The van der Waals surface area contributed by atoms with E-state index in [-0.39, 0.29) is 30.6 Å². The van der Waals surface area contributed by atoms with Crippen LogP contribution in [0.1, 0.15) is 13.3 Å². The van der Waals surface area contributed by atoms with Gasteiger partial charge in [-0.05, 0) is 13.3 Å². The third-order valence-electron chi connectivity index (χ3n) is 3.20. The highest BCUT2D eigenvalue weighted by molar-refractivity contribution is 5.85. The van der Waals surface area contributed by atoms with Crippen molar-refractivity contribution in [1.29, 1.82) is 0 Å². The lowest BCUT2D eigenvalue weighted by atomic mass is 10.0. The van der Waals surface area contributed by atoms with Gasteiger partial charge in [0, 0.05) is 40.4 Å². The summed E-state index contributed by atoms with van der Waals surface area (Å²) >= 11 is 0. The summed E-state index contributed by atoms with van der Waals surface area (Å²) in [4.78, 5) is 24.8. The summed E-state index contributed by atoms with van der Waals surface area (Å²) < 4.78 is 10.4. The molecular weight excluding hydrogens is 262 g/mol. The molecule has 0 unspecified atom stereocenters. The van der Waals surface area contributed by atoms with Crippen LogP contribution in [0.5, 0.6) is 0 Å². The molecular formula is C13H25N3O4. The lowest BCUT2D eigenvalue weighted by Crippen LogP contribution is -2.59. The molecule has 2 N–H and O–H groups in total. The number of carbonyl (C=O) groups is 2. The quantitative estimate of drug-likeness (QED) is 0.530. The number of carbonyl (C=O) groups excluding carboxylic acids is 2. The zero-order valence-corrected chi connectivity index (χ0v) is 12.5. The Bertz CT molecular complexity index is 332. The van der Waals surface area contributed by atoms with E-state index in [9.17, 15) is 9.59 Å². The van der Waals surface area contributed by atoms with Crippen molar-refractivity contribution in [2.24, 2.45) is 0 Å². The number of nitrogens with zero attached hydrogens (tertiary/aromatic N) is 1. The van der Waals surface area contributed by atoms with Crippen LogP contribution in [0.3, 0.4) is 0 Å². The highest BCUT2D eigenvalue weighted by atomic mass is 16.5. The molecule has 0 aliphatic carbocycles. The predicted molar refractivity (Wildman–Crippen MR) is 74.4 cm³/mol. The van der Waals surface area contributed by atoms with Gasteiger partial charge in [-0.25, -0.2) is 0 Å². The molecule has 0 atom stereocenters. The van der Waals surface area contributed by atoms with E-state index >= 15 is 0 Å². The van der Waals surface area contributed by atoms with Gasteiger partial charge >= 0.3 is 0 Å². The van der Waals surface area contributed by atoms with Gasteiger partial charge in [0.2, 0.25) is 11.8 Å². The van der Waals surface area contributed by atoms with Crippen LogP contribution in [0.2, 0.25) is 0 Å². The second-order valence-electron chi connectivity index (χ2n) is 5.29. The molecule has 0 radical (unpaired) electrons. The molecule has 0 aromatic rings. The highest BCUT2D eigenvalue weighted by Gasteiger charge is 2.33. The Labute approximate surface area is 120 Å². The average molecular weight is 287 g/mol. The van der Waals surface area contributed by atoms with Gasteiger partial charge in [0.1, 0.15) is 6.61 Å². The third-order valence-corrected chi connectivity index (χ3v) is 3.20.